The molecule has 32 heavy (non-hydrogen) atoms. The van der Waals surface area contributed by atoms with Crippen molar-refractivity contribution in [2.45, 2.75) is 52.8 Å². The molecule has 0 saturated heterocycles. The maximum absolute atomic E-state index is 13.4. The Balaban J connectivity index is 1.61. The quantitative estimate of drug-likeness (QED) is 0.315. The summed E-state index contributed by atoms with van der Waals surface area (Å²) in [5, 5.41) is 10.4. The van der Waals surface area contributed by atoms with Gasteiger partial charge in [-0.15, -0.1) is 0 Å². The Hall–Kier alpha value is -3.03. The Labute approximate surface area is 184 Å². The van der Waals surface area contributed by atoms with Crippen LogP contribution in [0, 0.1) is 12.8 Å². The van der Waals surface area contributed by atoms with Crippen LogP contribution in [0.3, 0.4) is 0 Å². The van der Waals surface area contributed by atoms with Gasteiger partial charge in [-0.05, 0) is 49.9 Å². The van der Waals surface area contributed by atoms with Crippen LogP contribution in [-0.4, -0.2) is 27.0 Å². The van der Waals surface area contributed by atoms with E-state index in [4.69, 9.17) is 4.74 Å². The summed E-state index contributed by atoms with van der Waals surface area (Å²) in [4.78, 5) is 16.0. The van der Waals surface area contributed by atoms with Gasteiger partial charge < -0.3 is 14.4 Å². The van der Waals surface area contributed by atoms with Gasteiger partial charge in [0.1, 0.15) is 11.5 Å². The normalized spacial score (nSPS) is 12.0. The number of fused-ring (bicyclic) bond motifs is 1. The zero-order chi connectivity index (χ0) is 23.5. The number of phenols is 1. The molecule has 2 aromatic carbocycles. The smallest absolute Gasteiger partial charge is 0.449 e. The van der Waals surface area contributed by atoms with Gasteiger partial charge in [0.15, 0.2) is 5.78 Å². The Kier molecular flexibility index (Phi) is 7.11. The van der Waals surface area contributed by atoms with Gasteiger partial charge in [0.25, 0.3) is 0 Å². The average Bonchev–Trinajstić information content (AvgIpc) is 3.09. The van der Waals surface area contributed by atoms with Crippen molar-refractivity contribution in [1.29, 1.82) is 0 Å². The molecular formula is C24H27F3N2O3. The van der Waals surface area contributed by atoms with E-state index in [0.717, 1.165) is 0 Å². The topological polar surface area (TPSA) is 64.4 Å². The van der Waals surface area contributed by atoms with Crippen molar-refractivity contribution >= 4 is 16.8 Å². The van der Waals surface area contributed by atoms with E-state index in [1.807, 2.05) is 13.8 Å². The highest BCUT2D eigenvalue weighted by Gasteiger charge is 2.37. The van der Waals surface area contributed by atoms with Gasteiger partial charge >= 0.3 is 6.18 Å². The number of phenolic OH excluding ortho intramolecular Hbond substituents is 1. The number of ether oxygens (including phenoxy) is 1. The van der Waals surface area contributed by atoms with Gasteiger partial charge in [-0.25, -0.2) is 4.98 Å². The molecule has 0 aliphatic heterocycles. The van der Waals surface area contributed by atoms with Gasteiger partial charge in [0.2, 0.25) is 5.82 Å². The van der Waals surface area contributed by atoms with E-state index < -0.39 is 12.0 Å². The fraction of sp³-hybridized carbons (Fsp3) is 0.417. The summed E-state index contributed by atoms with van der Waals surface area (Å²) in [5.41, 5.74) is 1.51. The Morgan fingerprint density at radius 3 is 2.56 bits per heavy atom. The highest BCUT2D eigenvalue weighted by molar-refractivity contribution is 5.99. The van der Waals surface area contributed by atoms with E-state index in [1.165, 1.54) is 4.57 Å². The number of aryl methyl sites for hydroxylation is 1. The van der Waals surface area contributed by atoms with Crippen LogP contribution in [0.2, 0.25) is 0 Å². The zero-order valence-electron chi connectivity index (χ0n) is 18.4. The minimum absolute atomic E-state index is 0.0899. The predicted molar refractivity (Wildman–Crippen MR) is 116 cm³/mol. The van der Waals surface area contributed by atoms with Crippen molar-refractivity contribution in [3.05, 3.63) is 53.3 Å². The fourth-order valence-electron chi connectivity index (χ4n) is 3.62. The van der Waals surface area contributed by atoms with Crippen LogP contribution in [0.1, 0.15) is 54.9 Å². The van der Waals surface area contributed by atoms with Crippen LogP contribution in [0.25, 0.3) is 11.0 Å². The Bertz CT molecular complexity index is 1100. The zero-order valence-corrected chi connectivity index (χ0v) is 18.4. The second-order valence-electron chi connectivity index (χ2n) is 8.24. The molecule has 0 aliphatic rings. The highest BCUT2D eigenvalue weighted by atomic mass is 19.4. The van der Waals surface area contributed by atoms with Crippen molar-refractivity contribution in [3.63, 3.8) is 0 Å². The molecule has 3 aromatic rings. The van der Waals surface area contributed by atoms with Crippen molar-refractivity contribution in [1.82, 2.24) is 9.55 Å². The largest absolute Gasteiger partial charge is 0.507 e. The summed E-state index contributed by atoms with van der Waals surface area (Å²) >= 11 is 0. The lowest BCUT2D eigenvalue weighted by atomic mass is 9.98. The minimum Gasteiger partial charge on any atom is -0.507 e. The first-order valence-electron chi connectivity index (χ1n) is 10.6. The van der Waals surface area contributed by atoms with Crippen molar-refractivity contribution in [2.75, 3.05) is 6.61 Å². The molecule has 1 aromatic heterocycles. The van der Waals surface area contributed by atoms with Crippen LogP contribution in [0.15, 0.2) is 36.4 Å². The van der Waals surface area contributed by atoms with E-state index in [2.05, 4.69) is 4.98 Å². The summed E-state index contributed by atoms with van der Waals surface area (Å²) in [6.07, 6.45) is -3.22. The Morgan fingerprint density at radius 1 is 1.16 bits per heavy atom. The molecule has 5 nitrogen and oxygen atoms in total. The number of para-hydroxylation sites is 2. The lowest BCUT2D eigenvalue weighted by Gasteiger charge is -2.14. The first-order valence-corrected chi connectivity index (χ1v) is 10.6. The molecule has 0 spiro atoms. The number of rotatable bonds is 9. The SMILES string of the molecule is Cc1c(OCCCCn2c(C(F)(F)F)nc3ccccc32)ccc(C(=O)CC(C)C)c1O. The number of aromatic nitrogens is 2. The Morgan fingerprint density at radius 2 is 1.88 bits per heavy atom. The van der Waals surface area contributed by atoms with E-state index in [-0.39, 0.29) is 36.2 Å². The molecule has 0 atom stereocenters. The van der Waals surface area contributed by atoms with Crippen LogP contribution in [-0.2, 0) is 12.7 Å². The second kappa shape index (κ2) is 9.63. The molecule has 172 valence electrons. The summed E-state index contributed by atoms with van der Waals surface area (Å²) in [6.45, 7) is 5.97. The number of benzene rings is 2. The number of aromatic hydroxyl groups is 1. The molecule has 0 aliphatic carbocycles. The van der Waals surface area contributed by atoms with Crippen LogP contribution < -0.4 is 4.74 Å². The van der Waals surface area contributed by atoms with Gasteiger partial charge in [-0.2, -0.15) is 13.2 Å². The van der Waals surface area contributed by atoms with E-state index in [1.54, 1.807) is 43.3 Å². The third-order valence-electron chi connectivity index (χ3n) is 5.22. The number of carbonyl (C=O) groups is 1. The molecule has 0 radical (unpaired) electrons. The molecular weight excluding hydrogens is 421 g/mol. The lowest BCUT2D eigenvalue weighted by molar-refractivity contribution is -0.147. The van der Waals surface area contributed by atoms with E-state index in [0.29, 0.717) is 41.6 Å². The maximum Gasteiger partial charge on any atom is 0.449 e. The monoisotopic (exact) mass is 448 g/mol. The standard InChI is InChI=1S/C24H27F3N2O3/c1-15(2)14-20(30)17-10-11-21(16(3)22(17)31)32-13-7-6-12-29-19-9-5-4-8-18(19)28-23(29)24(25,26)27/h4-5,8-11,15,31H,6-7,12-14H2,1-3H3. The molecule has 0 unspecified atom stereocenters. The summed E-state index contributed by atoms with van der Waals surface area (Å²) < 4.78 is 47.0. The third-order valence-corrected chi connectivity index (χ3v) is 5.22. The second-order valence-corrected chi connectivity index (χ2v) is 8.24. The molecule has 0 amide bonds. The molecule has 0 bridgehead atoms. The van der Waals surface area contributed by atoms with Crippen molar-refractivity contribution < 1.29 is 27.8 Å². The number of alkyl halides is 3. The van der Waals surface area contributed by atoms with Gasteiger partial charge in [-0.1, -0.05) is 26.0 Å². The van der Waals surface area contributed by atoms with Gasteiger partial charge in [0, 0.05) is 18.5 Å². The average molecular weight is 448 g/mol. The number of nitrogens with zero attached hydrogens (tertiary/aromatic N) is 2. The van der Waals surface area contributed by atoms with Crippen LogP contribution >= 0.6 is 0 Å². The van der Waals surface area contributed by atoms with Crippen LogP contribution in [0.4, 0.5) is 13.2 Å². The number of Topliss-reactive ketones (excluding diaryl/α,β-unsaturated/α-hetero) is 1. The van der Waals surface area contributed by atoms with Crippen molar-refractivity contribution in [3.8, 4) is 11.5 Å². The number of imidazole rings is 1. The minimum atomic E-state index is -4.53. The number of carbonyl (C=O) groups excluding carboxylic acids is 1. The fourth-order valence-corrected chi connectivity index (χ4v) is 3.62. The summed E-state index contributed by atoms with van der Waals surface area (Å²) in [7, 11) is 0. The molecule has 1 heterocycles. The number of hydrogen-bond acceptors (Lipinski definition) is 4. The first kappa shape index (κ1) is 23.6. The van der Waals surface area contributed by atoms with E-state index in [9.17, 15) is 23.1 Å². The number of ketones is 1. The number of halogens is 3. The number of hydrogen-bond donors (Lipinski definition) is 1. The summed E-state index contributed by atoms with van der Waals surface area (Å²) in [6, 6.07) is 9.74. The van der Waals surface area contributed by atoms with E-state index >= 15 is 0 Å². The molecule has 0 saturated carbocycles. The van der Waals surface area contributed by atoms with Gasteiger partial charge in [-0.3, -0.25) is 4.79 Å². The van der Waals surface area contributed by atoms with Crippen molar-refractivity contribution in [2.24, 2.45) is 5.92 Å². The number of unbranched alkanes of at least 4 members (excludes halogenated alkanes) is 1. The third kappa shape index (κ3) is 5.23. The lowest BCUT2D eigenvalue weighted by Crippen LogP contribution is -2.15. The van der Waals surface area contributed by atoms with Gasteiger partial charge in [0.05, 0.1) is 23.2 Å². The summed E-state index contributed by atoms with van der Waals surface area (Å²) in [5.74, 6) is -0.480. The molecule has 0 fully saturated rings. The molecule has 8 heteroatoms. The van der Waals surface area contributed by atoms with Crippen LogP contribution in [0.5, 0.6) is 11.5 Å². The molecule has 3 rings (SSSR count). The maximum atomic E-state index is 13.4. The molecule has 1 N–H and O–H groups in total. The highest BCUT2D eigenvalue weighted by Crippen LogP contribution is 2.33. The predicted octanol–water partition coefficient (Wildman–Crippen LogP) is 6.16. The first-order chi connectivity index (χ1) is 15.1.